The molecule has 0 aliphatic carbocycles. The van der Waals surface area contributed by atoms with Gasteiger partial charge in [0.2, 0.25) is 0 Å². The Kier molecular flexibility index (Phi) is 6.09. The zero-order valence-corrected chi connectivity index (χ0v) is 13.4. The highest BCUT2D eigenvalue weighted by molar-refractivity contribution is 6.30. The molecule has 0 saturated carbocycles. The number of nitrogens with one attached hydrogen (secondary N) is 1. The third-order valence-corrected chi connectivity index (χ3v) is 3.58. The van der Waals surface area contributed by atoms with E-state index in [0.29, 0.717) is 6.61 Å². The Hall–Kier alpha value is -1.51. The zero-order valence-electron chi connectivity index (χ0n) is 12.6. The van der Waals surface area contributed by atoms with Crippen molar-refractivity contribution in [1.29, 1.82) is 0 Å². The first-order valence-electron chi connectivity index (χ1n) is 7.46. The minimum atomic E-state index is 0.179. The van der Waals surface area contributed by atoms with E-state index in [-0.39, 0.29) is 6.04 Å². The predicted molar refractivity (Wildman–Crippen MR) is 89.2 cm³/mol. The van der Waals surface area contributed by atoms with Gasteiger partial charge in [-0.2, -0.15) is 0 Å². The molecule has 0 amide bonds. The van der Waals surface area contributed by atoms with Crippen molar-refractivity contribution in [3.05, 3.63) is 64.7 Å². The minimum absolute atomic E-state index is 0.179. The molecule has 0 radical (unpaired) electrons. The summed E-state index contributed by atoms with van der Waals surface area (Å²) in [7, 11) is 0. The number of halogens is 1. The Morgan fingerprint density at radius 2 is 1.52 bits per heavy atom. The molecule has 2 aromatic carbocycles. The van der Waals surface area contributed by atoms with Crippen LogP contribution in [-0.2, 0) is 0 Å². The Labute approximate surface area is 132 Å². The van der Waals surface area contributed by atoms with E-state index in [1.165, 1.54) is 11.1 Å². The van der Waals surface area contributed by atoms with E-state index in [1.807, 2.05) is 31.2 Å². The molecular formula is C18H22ClNO. The SMILES string of the molecule is CCCNC(c1ccc(Cl)cc1)c1ccc(OCC)cc1. The Morgan fingerprint density at radius 3 is 2.05 bits per heavy atom. The van der Waals surface area contributed by atoms with Crippen LogP contribution in [0.2, 0.25) is 5.02 Å². The average Bonchev–Trinajstić information content (AvgIpc) is 2.51. The van der Waals surface area contributed by atoms with Gasteiger partial charge in [-0.25, -0.2) is 0 Å². The molecule has 2 rings (SSSR count). The van der Waals surface area contributed by atoms with Crippen molar-refractivity contribution in [2.24, 2.45) is 0 Å². The first kappa shape index (κ1) is 15.9. The molecule has 2 nitrogen and oxygen atoms in total. The van der Waals surface area contributed by atoms with Crippen LogP contribution in [0.15, 0.2) is 48.5 Å². The van der Waals surface area contributed by atoms with Gasteiger partial charge in [0.1, 0.15) is 5.75 Å². The lowest BCUT2D eigenvalue weighted by Crippen LogP contribution is -2.23. The summed E-state index contributed by atoms with van der Waals surface area (Å²) in [5, 5.41) is 4.35. The van der Waals surface area contributed by atoms with Crippen LogP contribution in [0.5, 0.6) is 5.75 Å². The van der Waals surface area contributed by atoms with Gasteiger partial charge in [0.05, 0.1) is 12.6 Å². The Morgan fingerprint density at radius 1 is 0.952 bits per heavy atom. The fraction of sp³-hybridized carbons (Fsp3) is 0.333. The second kappa shape index (κ2) is 8.06. The van der Waals surface area contributed by atoms with Crippen LogP contribution in [-0.4, -0.2) is 13.2 Å². The molecule has 112 valence electrons. The van der Waals surface area contributed by atoms with Gasteiger partial charge in [0.25, 0.3) is 0 Å². The molecule has 3 heteroatoms. The summed E-state index contributed by atoms with van der Waals surface area (Å²) in [4.78, 5) is 0. The second-order valence-electron chi connectivity index (χ2n) is 4.94. The summed E-state index contributed by atoms with van der Waals surface area (Å²) in [5.41, 5.74) is 2.45. The highest BCUT2D eigenvalue weighted by Crippen LogP contribution is 2.25. The van der Waals surface area contributed by atoms with Crippen LogP contribution in [0.3, 0.4) is 0 Å². The first-order chi connectivity index (χ1) is 10.2. The van der Waals surface area contributed by atoms with Crippen molar-refractivity contribution >= 4 is 11.6 Å². The van der Waals surface area contributed by atoms with Crippen molar-refractivity contribution in [1.82, 2.24) is 5.32 Å². The summed E-state index contributed by atoms with van der Waals surface area (Å²) in [6.07, 6.45) is 1.10. The van der Waals surface area contributed by atoms with Crippen LogP contribution in [0.4, 0.5) is 0 Å². The summed E-state index contributed by atoms with van der Waals surface area (Å²) in [6, 6.07) is 16.5. The van der Waals surface area contributed by atoms with Crippen molar-refractivity contribution < 1.29 is 4.74 Å². The summed E-state index contributed by atoms with van der Waals surface area (Å²) >= 11 is 5.99. The molecule has 1 atom stereocenters. The van der Waals surface area contributed by atoms with E-state index >= 15 is 0 Å². The van der Waals surface area contributed by atoms with Gasteiger partial charge in [-0.05, 0) is 55.3 Å². The standard InChI is InChI=1S/C18H22ClNO/c1-3-13-20-18(14-5-9-16(19)10-6-14)15-7-11-17(12-8-15)21-4-2/h5-12,18,20H,3-4,13H2,1-2H3. The molecule has 0 aromatic heterocycles. The van der Waals surface area contributed by atoms with E-state index in [2.05, 4.69) is 36.5 Å². The lowest BCUT2D eigenvalue weighted by molar-refractivity contribution is 0.340. The molecule has 0 heterocycles. The van der Waals surface area contributed by atoms with Gasteiger partial charge in [-0.15, -0.1) is 0 Å². The third kappa shape index (κ3) is 4.48. The number of hydrogen-bond acceptors (Lipinski definition) is 2. The second-order valence-corrected chi connectivity index (χ2v) is 5.38. The third-order valence-electron chi connectivity index (χ3n) is 3.33. The molecule has 0 saturated heterocycles. The van der Waals surface area contributed by atoms with Crippen molar-refractivity contribution in [3.63, 3.8) is 0 Å². The highest BCUT2D eigenvalue weighted by atomic mass is 35.5. The Bertz CT molecular complexity index is 536. The fourth-order valence-electron chi connectivity index (χ4n) is 2.30. The molecule has 1 unspecified atom stereocenters. The van der Waals surface area contributed by atoms with Crippen molar-refractivity contribution in [2.45, 2.75) is 26.3 Å². The van der Waals surface area contributed by atoms with E-state index in [4.69, 9.17) is 16.3 Å². The zero-order chi connectivity index (χ0) is 15.1. The largest absolute Gasteiger partial charge is 0.494 e. The number of ether oxygens (including phenoxy) is 1. The normalized spacial score (nSPS) is 12.1. The van der Waals surface area contributed by atoms with Crippen LogP contribution >= 0.6 is 11.6 Å². The molecule has 2 aromatic rings. The monoisotopic (exact) mass is 303 g/mol. The molecule has 0 spiro atoms. The fourth-order valence-corrected chi connectivity index (χ4v) is 2.42. The van der Waals surface area contributed by atoms with Crippen LogP contribution in [0, 0.1) is 0 Å². The van der Waals surface area contributed by atoms with E-state index < -0.39 is 0 Å². The maximum absolute atomic E-state index is 5.99. The lowest BCUT2D eigenvalue weighted by Gasteiger charge is -2.20. The van der Waals surface area contributed by atoms with Crippen molar-refractivity contribution in [3.8, 4) is 5.75 Å². The van der Waals surface area contributed by atoms with Gasteiger partial charge in [0, 0.05) is 5.02 Å². The quantitative estimate of drug-likeness (QED) is 0.791. The molecule has 0 bridgehead atoms. The first-order valence-corrected chi connectivity index (χ1v) is 7.84. The molecule has 0 fully saturated rings. The van der Waals surface area contributed by atoms with Gasteiger partial charge < -0.3 is 10.1 Å². The minimum Gasteiger partial charge on any atom is -0.494 e. The average molecular weight is 304 g/mol. The smallest absolute Gasteiger partial charge is 0.119 e. The maximum atomic E-state index is 5.99. The summed E-state index contributed by atoms with van der Waals surface area (Å²) in [5.74, 6) is 0.909. The van der Waals surface area contributed by atoms with Gasteiger partial charge in [0.15, 0.2) is 0 Å². The van der Waals surface area contributed by atoms with Crippen molar-refractivity contribution in [2.75, 3.05) is 13.2 Å². The highest BCUT2D eigenvalue weighted by Gasteiger charge is 2.13. The topological polar surface area (TPSA) is 21.3 Å². The van der Waals surface area contributed by atoms with Gasteiger partial charge in [-0.1, -0.05) is 42.8 Å². The summed E-state index contributed by atoms with van der Waals surface area (Å²) < 4.78 is 5.51. The lowest BCUT2D eigenvalue weighted by atomic mass is 9.98. The predicted octanol–water partition coefficient (Wildman–Crippen LogP) is 4.83. The molecule has 21 heavy (non-hydrogen) atoms. The van der Waals surface area contributed by atoms with Gasteiger partial charge in [-0.3, -0.25) is 0 Å². The van der Waals surface area contributed by atoms with Crippen LogP contribution in [0.25, 0.3) is 0 Å². The summed E-state index contributed by atoms with van der Waals surface area (Å²) in [6.45, 7) is 5.83. The van der Waals surface area contributed by atoms with E-state index in [9.17, 15) is 0 Å². The Balaban J connectivity index is 2.24. The number of benzene rings is 2. The van der Waals surface area contributed by atoms with E-state index in [1.54, 1.807) is 0 Å². The molecule has 0 aliphatic heterocycles. The maximum Gasteiger partial charge on any atom is 0.119 e. The molecule has 0 aliphatic rings. The van der Waals surface area contributed by atoms with Gasteiger partial charge >= 0.3 is 0 Å². The van der Waals surface area contributed by atoms with E-state index in [0.717, 1.165) is 23.7 Å². The number of hydrogen-bond donors (Lipinski definition) is 1. The number of rotatable bonds is 7. The molecule has 1 N–H and O–H groups in total. The van der Waals surface area contributed by atoms with Crippen LogP contribution < -0.4 is 10.1 Å². The van der Waals surface area contributed by atoms with Crippen LogP contribution in [0.1, 0.15) is 37.4 Å². The molecular weight excluding hydrogens is 282 g/mol.